The number of unbranched alkanes of at least 4 members (excludes halogenated alkanes) is 9. The van der Waals surface area contributed by atoms with Gasteiger partial charge < -0.3 is 9.47 Å². The van der Waals surface area contributed by atoms with Gasteiger partial charge in [0.25, 0.3) is 0 Å². The average molecular weight is 447 g/mol. The Hall–Kier alpha value is -1.84. The van der Waals surface area contributed by atoms with Crippen molar-refractivity contribution in [1.82, 2.24) is 0 Å². The molecule has 0 saturated heterocycles. The van der Waals surface area contributed by atoms with Crippen molar-refractivity contribution >= 4 is 11.9 Å². The Bertz CT molecular complexity index is 660. The van der Waals surface area contributed by atoms with E-state index in [0.717, 1.165) is 19.3 Å². The van der Waals surface area contributed by atoms with E-state index >= 15 is 0 Å². The summed E-state index contributed by atoms with van der Waals surface area (Å²) in [5.41, 5.74) is 0.749. The van der Waals surface area contributed by atoms with E-state index in [1.807, 2.05) is 0 Å². The number of carbonyl (C=O) groups excluding carboxylic acids is 2. The molecule has 32 heavy (non-hydrogen) atoms. The maximum Gasteiger partial charge on any atom is 0.339 e. The summed E-state index contributed by atoms with van der Waals surface area (Å²) in [6.07, 6.45) is 13.3. The lowest BCUT2D eigenvalue weighted by Gasteiger charge is -2.23. The highest BCUT2D eigenvalue weighted by molar-refractivity contribution is 6.03. The zero-order chi connectivity index (χ0) is 23.8. The van der Waals surface area contributed by atoms with Gasteiger partial charge >= 0.3 is 11.9 Å². The van der Waals surface area contributed by atoms with Gasteiger partial charge in [0, 0.05) is 0 Å². The minimum atomic E-state index is -0.461. The van der Waals surface area contributed by atoms with E-state index in [4.69, 9.17) is 9.47 Å². The van der Waals surface area contributed by atoms with Crippen molar-refractivity contribution in [3.8, 4) is 0 Å². The zero-order valence-electron chi connectivity index (χ0n) is 21.2. The first-order valence-electron chi connectivity index (χ1n) is 12.7. The highest BCUT2D eigenvalue weighted by Crippen LogP contribution is 2.24. The lowest BCUT2D eigenvalue weighted by Crippen LogP contribution is -2.19. The molecule has 0 amide bonds. The molecule has 0 aromatic heterocycles. The van der Waals surface area contributed by atoms with Crippen LogP contribution in [0.1, 0.15) is 126 Å². The fourth-order valence-corrected chi connectivity index (χ4v) is 4.07. The summed E-state index contributed by atoms with van der Waals surface area (Å²) in [6.45, 7) is 11.6. The third kappa shape index (κ3) is 12.9. The number of hydrogen-bond acceptors (Lipinski definition) is 4. The first kappa shape index (κ1) is 28.2. The molecule has 0 spiro atoms. The van der Waals surface area contributed by atoms with Gasteiger partial charge in [0.05, 0.1) is 24.3 Å². The van der Waals surface area contributed by atoms with Crippen LogP contribution in [0.25, 0.3) is 0 Å². The summed E-state index contributed by atoms with van der Waals surface area (Å²) < 4.78 is 10.9. The quantitative estimate of drug-likeness (QED) is 0.191. The first-order valence-corrected chi connectivity index (χ1v) is 12.7. The Kier molecular flexibility index (Phi) is 14.0. The summed E-state index contributed by atoms with van der Waals surface area (Å²) in [5.74, 6) is -0.650. The molecule has 1 aromatic carbocycles. The fourth-order valence-electron chi connectivity index (χ4n) is 4.07. The molecule has 1 unspecified atom stereocenters. The Morgan fingerprint density at radius 2 is 1.25 bits per heavy atom. The van der Waals surface area contributed by atoms with E-state index in [1.165, 1.54) is 51.4 Å². The van der Waals surface area contributed by atoms with Crippen LogP contribution in [0.5, 0.6) is 0 Å². The second kappa shape index (κ2) is 15.9. The Balaban J connectivity index is 2.33. The molecule has 182 valence electrons. The van der Waals surface area contributed by atoms with Crippen molar-refractivity contribution in [2.24, 2.45) is 11.3 Å². The predicted octanol–water partition coefficient (Wildman–Crippen LogP) is 7.99. The lowest BCUT2D eigenvalue weighted by molar-refractivity contribution is 0.0399. The normalized spacial score (nSPS) is 12.4. The van der Waals surface area contributed by atoms with Crippen molar-refractivity contribution in [2.45, 2.75) is 105 Å². The molecule has 1 rings (SSSR count). The standard InChI is InChI=1S/C28H46O4/c1-6-7-8-9-10-11-12-13-14-17-20-31-26(29)24-18-15-16-19-25(24)27(30)32-22-23(2)21-28(3,4)5/h15-16,18-19,23H,6-14,17,20-22H2,1-5H3. The summed E-state index contributed by atoms with van der Waals surface area (Å²) in [5, 5.41) is 0. The molecule has 0 aliphatic heterocycles. The Morgan fingerprint density at radius 3 is 1.75 bits per heavy atom. The second-order valence-corrected chi connectivity index (χ2v) is 10.3. The molecular formula is C28H46O4. The molecule has 4 nitrogen and oxygen atoms in total. The number of rotatable bonds is 16. The molecule has 1 aromatic rings. The van der Waals surface area contributed by atoms with Crippen LogP contribution in [0.2, 0.25) is 0 Å². The lowest BCUT2D eigenvalue weighted by atomic mass is 9.86. The monoisotopic (exact) mass is 446 g/mol. The van der Waals surface area contributed by atoms with E-state index < -0.39 is 11.9 Å². The van der Waals surface area contributed by atoms with Crippen molar-refractivity contribution in [2.75, 3.05) is 13.2 Å². The molecule has 0 N–H and O–H groups in total. The van der Waals surface area contributed by atoms with Gasteiger partial charge in [-0.05, 0) is 36.3 Å². The number of ether oxygens (including phenoxy) is 2. The summed E-state index contributed by atoms with van der Waals surface area (Å²) in [6, 6.07) is 6.76. The van der Waals surface area contributed by atoms with Crippen LogP contribution in [-0.4, -0.2) is 25.2 Å². The molecular weight excluding hydrogens is 400 g/mol. The van der Waals surface area contributed by atoms with Crippen molar-refractivity contribution < 1.29 is 19.1 Å². The molecule has 0 bridgehead atoms. The van der Waals surface area contributed by atoms with Gasteiger partial charge in [-0.3, -0.25) is 0 Å². The smallest absolute Gasteiger partial charge is 0.339 e. The van der Waals surface area contributed by atoms with Crippen LogP contribution in [0, 0.1) is 11.3 Å². The van der Waals surface area contributed by atoms with Gasteiger partial charge in [-0.15, -0.1) is 0 Å². The number of esters is 2. The van der Waals surface area contributed by atoms with E-state index in [0.29, 0.717) is 13.2 Å². The van der Waals surface area contributed by atoms with Gasteiger partial charge in [-0.2, -0.15) is 0 Å². The summed E-state index contributed by atoms with van der Waals surface area (Å²) in [7, 11) is 0. The highest BCUT2D eigenvalue weighted by atomic mass is 16.5. The first-order chi connectivity index (χ1) is 15.2. The topological polar surface area (TPSA) is 52.6 Å². The van der Waals surface area contributed by atoms with Crippen LogP contribution in [0.15, 0.2) is 24.3 Å². The van der Waals surface area contributed by atoms with Crippen molar-refractivity contribution in [1.29, 1.82) is 0 Å². The molecule has 4 heteroatoms. The number of hydrogen-bond donors (Lipinski definition) is 0. The molecule has 0 saturated carbocycles. The molecule has 0 aliphatic carbocycles. The zero-order valence-corrected chi connectivity index (χ0v) is 21.2. The van der Waals surface area contributed by atoms with Crippen molar-refractivity contribution in [3.05, 3.63) is 35.4 Å². The Labute approximate surface area is 196 Å². The van der Waals surface area contributed by atoms with E-state index in [2.05, 4.69) is 34.6 Å². The maximum absolute atomic E-state index is 12.6. The van der Waals surface area contributed by atoms with Gasteiger partial charge in [0.1, 0.15) is 0 Å². The van der Waals surface area contributed by atoms with E-state index in [-0.39, 0.29) is 22.5 Å². The molecule has 0 radical (unpaired) electrons. The van der Waals surface area contributed by atoms with Crippen molar-refractivity contribution in [3.63, 3.8) is 0 Å². The summed E-state index contributed by atoms with van der Waals surface area (Å²) >= 11 is 0. The highest BCUT2D eigenvalue weighted by Gasteiger charge is 2.21. The van der Waals surface area contributed by atoms with Crippen LogP contribution in [0.4, 0.5) is 0 Å². The van der Waals surface area contributed by atoms with Crippen LogP contribution >= 0.6 is 0 Å². The van der Waals surface area contributed by atoms with Gasteiger partial charge in [0.15, 0.2) is 0 Å². The molecule has 0 aliphatic rings. The average Bonchev–Trinajstić information content (AvgIpc) is 2.74. The molecule has 1 atom stereocenters. The maximum atomic E-state index is 12.6. The minimum Gasteiger partial charge on any atom is -0.462 e. The third-order valence-corrected chi connectivity index (χ3v) is 5.56. The molecule has 0 heterocycles. The SMILES string of the molecule is CCCCCCCCCCCCOC(=O)c1ccccc1C(=O)OCC(C)CC(C)(C)C. The number of benzene rings is 1. The van der Waals surface area contributed by atoms with Crippen LogP contribution in [-0.2, 0) is 9.47 Å². The number of carbonyl (C=O) groups is 2. The van der Waals surface area contributed by atoms with E-state index in [9.17, 15) is 9.59 Å². The van der Waals surface area contributed by atoms with Gasteiger partial charge in [0.2, 0.25) is 0 Å². The van der Waals surface area contributed by atoms with Gasteiger partial charge in [-0.25, -0.2) is 9.59 Å². The Morgan fingerprint density at radius 1 is 0.781 bits per heavy atom. The van der Waals surface area contributed by atoms with Crippen LogP contribution < -0.4 is 0 Å². The van der Waals surface area contributed by atoms with Gasteiger partial charge in [-0.1, -0.05) is 105 Å². The predicted molar refractivity (Wildman–Crippen MR) is 132 cm³/mol. The third-order valence-electron chi connectivity index (χ3n) is 5.56. The van der Waals surface area contributed by atoms with Crippen LogP contribution in [0.3, 0.4) is 0 Å². The second-order valence-electron chi connectivity index (χ2n) is 10.3. The minimum absolute atomic E-state index is 0.183. The fraction of sp³-hybridized carbons (Fsp3) is 0.714. The summed E-state index contributed by atoms with van der Waals surface area (Å²) in [4.78, 5) is 25.1. The molecule has 0 fully saturated rings. The van der Waals surface area contributed by atoms with E-state index in [1.54, 1.807) is 24.3 Å². The largest absolute Gasteiger partial charge is 0.462 e.